The zero-order valence-electron chi connectivity index (χ0n) is 9.29. The number of hydrogen-bond donors (Lipinski definition) is 1. The third-order valence-corrected chi connectivity index (χ3v) is 3.10. The molecule has 0 bridgehead atoms. The van der Waals surface area contributed by atoms with Crippen molar-refractivity contribution in [1.29, 1.82) is 0 Å². The fourth-order valence-electron chi connectivity index (χ4n) is 1.45. The molecule has 0 unspecified atom stereocenters. The molecule has 0 radical (unpaired) electrons. The van der Waals surface area contributed by atoms with Crippen molar-refractivity contribution in [2.45, 2.75) is 6.61 Å². The lowest BCUT2D eigenvalue weighted by Crippen LogP contribution is -1.99. The molecule has 0 aliphatic rings. The molecule has 0 saturated carbocycles. The smallest absolute Gasteiger partial charge is 0.167 e. The lowest BCUT2D eigenvalue weighted by Gasteiger charge is -2.10. The first-order valence-corrected chi connectivity index (χ1v) is 5.94. The average Bonchev–Trinajstić information content (AvgIpc) is 2.31. The molecule has 0 heterocycles. The van der Waals surface area contributed by atoms with Crippen molar-refractivity contribution in [1.82, 2.24) is 0 Å². The van der Waals surface area contributed by atoms with Gasteiger partial charge in [-0.25, -0.2) is 4.39 Å². The van der Waals surface area contributed by atoms with Crippen LogP contribution in [0.2, 0.25) is 10.0 Å². The molecule has 5 heteroatoms. The first kappa shape index (κ1) is 13.0. The number of halogens is 3. The van der Waals surface area contributed by atoms with Crippen LogP contribution in [0.4, 0.5) is 10.1 Å². The summed E-state index contributed by atoms with van der Waals surface area (Å²) in [5.41, 5.74) is 6.41. The maximum Gasteiger partial charge on any atom is 0.167 e. The van der Waals surface area contributed by atoms with E-state index in [2.05, 4.69) is 0 Å². The van der Waals surface area contributed by atoms with E-state index < -0.39 is 5.82 Å². The van der Waals surface area contributed by atoms with Crippen LogP contribution in [0.25, 0.3) is 0 Å². The molecule has 2 rings (SSSR count). The van der Waals surface area contributed by atoms with Crippen LogP contribution in [0.15, 0.2) is 36.4 Å². The number of nitrogens with two attached hydrogens (primary N) is 1. The van der Waals surface area contributed by atoms with E-state index in [0.717, 1.165) is 0 Å². The molecular weight excluding hydrogens is 276 g/mol. The lowest BCUT2D eigenvalue weighted by atomic mass is 10.2. The van der Waals surface area contributed by atoms with Gasteiger partial charge in [0.05, 0.1) is 0 Å². The fourth-order valence-corrected chi connectivity index (χ4v) is 1.96. The maximum absolute atomic E-state index is 13.5. The highest BCUT2D eigenvalue weighted by atomic mass is 35.5. The second-order valence-electron chi connectivity index (χ2n) is 3.68. The van der Waals surface area contributed by atoms with Gasteiger partial charge < -0.3 is 10.5 Å². The van der Waals surface area contributed by atoms with Crippen LogP contribution in [0.3, 0.4) is 0 Å². The summed E-state index contributed by atoms with van der Waals surface area (Å²) in [4.78, 5) is 0. The molecule has 0 spiro atoms. The zero-order valence-corrected chi connectivity index (χ0v) is 10.8. The summed E-state index contributed by atoms with van der Waals surface area (Å²) in [6, 6.07) is 9.36. The number of benzene rings is 2. The van der Waals surface area contributed by atoms with Crippen molar-refractivity contribution in [3.8, 4) is 5.75 Å². The van der Waals surface area contributed by atoms with Crippen LogP contribution in [-0.2, 0) is 6.61 Å². The maximum atomic E-state index is 13.5. The molecule has 2 aromatic carbocycles. The van der Waals surface area contributed by atoms with Crippen LogP contribution in [0, 0.1) is 5.82 Å². The van der Waals surface area contributed by atoms with Crippen LogP contribution >= 0.6 is 23.2 Å². The molecule has 0 saturated heterocycles. The molecule has 0 fully saturated rings. The highest BCUT2D eigenvalue weighted by Crippen LogP contribution is 2.27. The third-order valence-electron chi connectivity index (χ3n) is 2.39. The van der Waals surface area contributed by atoms with Gasteiger partial charge in [-0.2, -0.15) is 0 Å². The van der Waals surface area contributed by atoms with E-state index in [1.807, 2.05) is 0 Å². The number of anilines is 1. The molecule has 0 aliphatic heterocycles. The summed E-state index contributed by atoms with van der Waals surface area (Å²) in [5, 5.41) is 0.969. The summed E-state index contributed by atoms with van der Waals surface area (Å²) in [6.45, 7) is 0.0966. The number of hydrogen-bond acceptors (Lipinski definition) is 2. The van der Waals surface area contributed by atoms with Crippen molar-refractivity contribution in [3.63, 3.8) is 0 Å². The monoisotopic (exact) mass is 285 g/mol. The Morgan fingerprint density at radius 1 is 1.11 bits per heavy atom. The minimum atomic E-state index is -0.516. The Bertz CT molecular complexity index is 555. The Morgan fingerprint density at radius 3 is 2.39 bits per heavy atom. The normalized spacial score (nSPS) is 10.4. The summed E-state index contributed by atoms with van der Waals surface area (Å²) >= 11 is 12.0. The topological polar surface area (TPSA) is 35.2 Å². The van der Waals surface area contributed by atoms with Gasteiger partial charge >= 0.3 is 0 Å². The van der Waals surface area contributed by atoms with E-state index in [9.17, 15) is 4.39 Å². The second-order valence-corrected chi connectivity index (χ2v) is 4.49. The molecule has 18 heavy (non-hydrogen) atoms. The van der Waals surface area contributed by atoms with Gasteiger partial charge in [0, 0.05) is 27.4 Å². The van der Waals surface area contributed by atoms with Gasteiger partial charge in [-0.15, -0.1) is 0 Å². The zero-order chi connectivity index (χ0) is 13.1. The molecule has 2 N–H and O–H groups in total. The first-order chi connectivity index (χ1) is 8.58. The number of nitrogen functional groups attached to an aromatic ring is 1. The van der Waals surface area contributed by atoms with Crippen LogP contribution < -0.4 is 10.5 Å². The number of ether oxygens (including phenoxy) is 1. The molecule has 0 aromatic heterocycles. The second kappa shape index (κ2) is 5.46. The van der Waals surface area contributed by atoms with Gasteiger partial charge in [-0.1, -0.05) is 29.3 Å². The predicted octanol–water partition coefficient (Wildman–Crippen LogP) is 4.29. The fraction of sp³-hybridized carbons (Fsp3) is 0.0769. The van der Waals surface area contributed by atoms with E-state index in [0.29, 0.717) is 21.3 Å². The Balaban J connectivity index is 2.16. The highest BCUT2D eigenvalue weighted by molar-refractivity contribution is 6.35. The van der Waals surface area contributed by atoms with Crippen molar-refractivity contribution in [2.24, 2.45) is 0 Å². The standard InChI is InChI=1S/C13H10Cl2FNO/c14-10-2-1-3-11(15)9(10)7-18-13-5-4-8(17)6-12(13)16/h1-6H,7,17H2. The first-order valence-electron chi connectivity index (χ1n) is 5.18. The molecule has 0 amide bonds. The van der Waals surface area contributed by atoms with Crippen LogP contribution in [0.5, 0.6) is 5.75 Å². The molecule has 0 aliphatic carbocycles. The predicted molar refractivity (Wildman–Crippen MR) is 71.6 cm³/mol. The number of rotatable bonds is 3. The van der Waals surface area contributed by atoms with E-state index in [1.165, 1.54) is 12.1 Å². The van der Waals surface area contributed by atoms with Gasteiger partial charge in [0.2, 0.25) is 0 Å². The van der Waals surface area contributed by atoms with Crippen molar-refractivity contribution >= 4 is 28.9 Å². The average molecular weight is 286 g/mol. The van der Waals surface area contributed by atoms with Crippen molar-refractivity contribution in [3.05, 3.63) is 57.8 Å². The molecular formula is C13H10Cl2FNO. The van der Waals surface area contributed by atoms with Gasteiger partial charge in [-0.05, 0) is 24.3 Å². The molecule has 2 nitrogen and oxygen atoms in total. The quantitative estimate of drug-likeness (QED) is 0.854. The van der Waals surface area contributed by atoms with Crippen molar-refractivity contribution < 1.29 is 9.13 Å². The SMILES string of the molecule is Nc1ccc(OCc2c(Cl)cccc2Cl)c(F)c1. The van der Waals surface area contributed by atoms with Crippen molar-refractivity contribution in [2.75, 3.05) is 5.73 Å². The van der Waals surface area contributed by atoms with E-state index in [-0.39, 0.29) is 12.4 Å². The summed E-state index contributed by atoms with van der Waals surface area (Å²) in [5.74, 6) is -0.404. The summed E-state index contributed by atoms with van der Waals surface area (Å²) in [6.07, 6.45) is 0. The van der Waals surface area contributed by atoms with Gasteiger partial charge in [-0.3, -0.25) is 0 Å². The van der Waals surface area contributed by atoms with E-state index in [1.54, 1.807) is 24.3 Å². The third kappa shape index (κ3) is 2.86. The van der Waals surface area contributed by atoms with E-state index in [4.69, 9.17) is 33.7 Å². The van der Waals surface area contributed by atoms with Crippen LogP contribution in [-0.4, -0.2) is 0 Å². The Morgan fingerprint density at radius 2 is 1.78 bits per heavy atom. The Kier molecular flexibility index (Phi) is 3.94. The minimum Gasteiger partial charge on any atom is -0.486 e. The molecule has 0 atom stereocenters. The van der Waals surface area contributed by atoms with Gasteiger partial charge in [0.15, 0.2) is 11.6 Å². The van der Waals surface area contributed by atoms with Crippen LogP contribution in [0.1, 0.15) is 5.56 Å². The highest BCUT2D eigenvalue weighted by Gasteiger charge is 2.08. The lowest BCUT2D eigenvalue weighted by molar-refractivity contribution is 0.290. The summed E-state index contributed by atoms with van der Waals surface area (Å²) < 4.78 is 18.8. The Hall–Kier alpha value is -1.45. The van der Waals surface area contributed by atoms with Gasteiger partial charge in [0.25, 0.3) is 0 Å². The van der Waals surface area contributed by atoms with E-state index >= 15 is 0 Å². The summed E-state index contributed by atoms with van der Waals surface area (Å²) in [7, 11) is 0. The Labute approximate surface area is 114 Å². The minimum absolute atomic E-state index is 0.0966. The van der Waals surface area contributed by atoms with Gasteiger partial charge in [0.1, 0.15) is 6.61 Å². The molecule has 94 valence electrons. The molecule has 2 aromatic rings. The largest absolute Gasteiger partial charge is 0.486 e.